The number of hydrogen-bond donors (Lipinski definition) is 2. The van der Waals surface area contributed by atoms with E-state index in [2.05, 4.69) is 10.6 Å². The Labute approximate surface area is 156 Å². The molecule has 0 unspecified atom stereocenters. The summed E-state index contributed by atoms with van der Waals surface area (Å²) in [6, 6.07) is 15.3. The van der Waals surface area contributed by atoms with E-state index in [0.29, 0.717) is 5.69 Å². The summed E-state index contributed by atoms with van der Waals surface area (Å²) in [6.45, 7) is 0. The van der Waals surface area contributed by atoms with Gasteiger partial charge in [0.15, 0.2) is 0 Å². The molecule has 0 spiro atoms. The number of rotatable bonds is 3. The lowest BCUT2D eigenvalue weighted by Crippen LogP contribution is -2.09. The molecule has 0 radical (unpaired) electrons. The number of fused-ring (bicyclic) bond motifs is 1. The molecule has 5 heteroatoms. The zero-order valence-corrected chi connectivity index (χ0v) is 14.8. The fraction of sp³-hybridized carbons (Fsp3) is 0.190. The van der Waals surface area contributed by atoms with Crippen molar-refractivity contribution in [1.82, 2.24) is 4.57 Å². The predicted molar refractivity (Wildman–Crippen MR) is 101 cm³/mol. The van der Waals surface area contributed by atoms with Crippen LogP contribution < -0.4 is 0 Å². The zero-order chi connectivity index (χ0) is 18.3. The second-order valence-electron chi connectivity index (χ2n) is 6.54. The minimum absolute atomic E-state index is 0.0390. The lowest BCUT2D eigenvalue weighted by Gasteiger charge is -2.18. The Hall–Kier alpha value is -2.72. The average molecular weight is 368 g/mol. The van der Waals surface area contributed by atoms with Crippen LogP contribution in [0.5, 0.6) is 5.75 Å². The van der Waals surface area contributed by atoms with Gasteiger partial charge in [-0.1, -0.05) is 41.9 Å². The molecule has 0 saturated carbocycles. The summed E-state index contributed by atoms with van der Waals surface area (Å²) in [5, 5.41) is 19.4. The number of hydrogen-bond acceptors (Lipinski definition) is 2. The predicted octanol–water partition coefficient (Wildman–Crippen LogP) is 5.08. The van der Waals surface area contributed by atoms with Gasteiger partial charge in [-0.2, -0.15) is 0 Å². The number of carboxylic acids is 1. The van der Waals surface area contributed by atoms with Crippen molar-refractivity contribution in [1.29, 1.82) is 0 Å². The summed E-state index contributed by atoms with van der Waals surface area (Å²) >= 11 is 6.13. The van der Waals surface area contributed by atoms with E-state index in [-0.39, 0.29) is 10.6 Å². The van der Waals surface area contributed by atoms with Crippen molar-refractivity contribution in [3.05, 3.63) is 70.4 Å². The van der Waals surface area contributed by atoms with Crippen molar-refractivity contribution in [2.24, 2.45) is 0 Å². The molecule has 132 valence electrons. The van der Waals surface area contributed by atoms with Gasteiger partial charge >= 0.3 is 5.97 Å². The summed E-state index contributed by atoms with van der Waals surface area (Å²) in [7, 11) is 0. The van der Waals surface area contributed by atoms with E-state index in [4.69, 9.17) is 11.6 Å². The smallest absolute Gasteiger partial charge is 0.339 e. The fourth-order valence-electron chi connectivity index (χ4n) is 3.69. The van der Waals surface area contributed by atoms with Gasteiger partial charge in [-0.05, 0) is 55.0 Å². The van der Waals surface area contributed by atoms with Crippen LogP contribution in [-0.4, -0.2) is 20.7 Å². The standard InChI is InChI=1S/C21H18ClNO3/c22-17-12-15(11-16(20(17)24)21(25)26)23-18-9-5-4-8-14(18)10-19(23)13-6-2-1-3-7-13/h1-3,6-7,10-12,24H,4-5,8-9H2,(H,25,26). The van der Waals surface area contributed by atoms with Crippen LogP contribution in [0.25, 0.3) is 16.9 Å². The maximum atomic E-state index is 11.5. The van der Waals surface area contributed by atoms with Gasteiger partial charge in [0.1, 0.15) is 11.3 Å². The molecule has 0 fully saturated rings. The summed E-state index contributed by atoms with van der Waals surface area (Å²) in [5.41, 5.74) is 5.01. The molecule has 1 heterocycles. The van der Waals surface area contributed by atoms with Gasteiger partial charge < -0.3 is 14.8 Å². The number of aromatic nitrogens is 1. The molecule has 0 aliphatic heterocycles. The third-order valence-corrected chi connectivity index (χ3v) is 5.20. The van der Waals surface area contributed by atoms with Crippen LogP contribution in [0.3, 0.4) is 0 Å². The second-order valence-corrected chi connectivity index (χ2v) is 6.95. The average Bonchev–Trinajstić information content (AvgIpc) is 3.04. The zero-order valence-electron chi connectivity index (χ0n) is 14.1. The molecule has 1 aliphatic rings. The van der Waals surface area contributed by atoms with Crippen LogP contribution in [0.1, 0.15) is 34.5 Å². The summed E-state index contributed by atoms with van der Waals surface area (Å²) < 4.78 is 2.08. The monoisotopic (exact) mass is 367 g/mol. The Kier molecular flexibility index (Phi) is 4.21. The summed E-state index contributed by atoms with van der Waals surface area (Å²) in [5.74, 6) is -1.60. The van der Waals surface area contributed by atoms with E-state index >= 15 is 0 Å². The van der Waals surface area contributed by atoms with Crippen molar-refractivity contribution >= 4 is 17.6 Å². The maximum Gasteiger partial charge on any atom is 0.339 e. The van der Waals surface area contributed by atoms with E-state index in [9.17, 15) is 15.0 Å². The molecule has 1 aliphatic carbocycles. The highest BCUT2D eigenvalue weighted by molar-refractivity contribution is 6.32. The molecular formula is C21H18ClNO3. The van der Waals surface area contributed by atoms with Crippen molar-refractivity contribution in [2.75, 3.05) is 0 Å². The van der Waals surface area contributed by atoms with Crippen LogP contribution in [0.4, 0.5) is 0 Å². The number of benzene rings is 2. The lowest BCUT2D eigenvalue weighted by molar-refractivity contribution is 0.0693. The van der Waals surface area contributed by atoms with E-state index in [1.54, 1.807) is 6.07 Å². The largest absolute Gasteiger partial charge is 0.505 e. The molecule has 0 bridgehead atoms. The number of aromatic carboxylic acids is 1. The number of carbonyl (C=O) groups is 1. The molecule has 2 N–H and O–H groups in total. The topological polar surface area (TPSA) is 62.5 Å². The molecule has 0 saturated heterocycles. The van der Waals surface area contributed by atoms with Gasteiger partial charge in [-0.15, -0.1) is 0 Å². The van der Waals surface area contributed by atoms with E-state index in [1.165, 1.54) is 17.3 Å². The van der Waals surface area contributed by atoms with Gasteiger partial charge in [-0.25, -0.2) is 4.79 Å². The molecular weight excluding hydrogens is 350 g/mol. The number of aryl methyl sites for hydroxylation is 1. The third kappa shape index (κ3) is 2.76. The summed E-state index contributed by atoms with van der Waals surface area (Å²) in [6.07, 6.45) is 4.20. The van der Waals surface area contributed by atoms with Crippen LogP contribution in [-0.2, 0) is 12.8 Å². The van der Waals surface area contributed by atoms with Crippen LogP contribution in [0, 0.1) is 0 Å². The first kappa shape index (κ1) is 16.7. The van der Waals surface area contributed by atoms with E-state index in [0.717, 1.165) is 36.9 Å². The van der Waals surface area contributed by atoms with Crippen LogP contribution >= 0.6 is 11.6 Å². The lowest BCUT2D eigenvalue weighted by atomic mass is 9.98. The molecule has 0 amide bonds. The van der Waals surface area contributed by atoms with Gasteiger partial charge in [-0.3, -0.25) is 0 Å². The minimum atomic E-state index is -1.20. The number of aromatic hydroxyl groups is 1. The van der Waals surface area contributed by atoms with E-state index in [1.807, 2.05) is 30.3 Å². The minimum Gasteiger partial charge on any atom is -0.505 e. The maximum absolute atomic E-state index is 11.5. The van der Waals surface area contributed by atoms with Crippen molar-refractivity contribution < 1.29 is 15.0 Å². The molecule has 4 rings (SSSR count). The van der Waals surface area contributed by atoms with Crippen molar-refractivity contribution in [3.8, 4) is 22.7 Å². The first-order chi connectivity index (χ1) is 12.6. The number of nitrogens with zero attached hydrogens (tertiary/aromatic N) is 1. The molecule has 26 heavy (non-hydrogen) atoms. The van der Waals surface area contributed by atoms with Crippen LogP contribution in [0.2, 0.25) is 5.02 Å². The number of phenols is 1. The van der Waals surface area contributed by atoms with E-state index < -0.39 is 11.7 Å². The van der Waals surface area contributed by atoms with Crippen molar-refractivity contribution in [2.45, 2.75) is 25.7 Å². The molecule has 0 atom stereocenters. The third-order valence-electron chi connectivity index (χ3n) is 4.91. The highest BCUT2D eigenvalue weighted by Gasteiger charge is 2.22. The van der Waals surface area contributed by atoms with Crippen molar-refractivity contribution in [3.63, 3.8) is 0 Å². The highest BCUT2D eigenvalue weighted by Crippen LogP contribution is 2.37. The Morgan fingerprint density at radius 1 is 1.04 bits per heavy atom. The van der Waals surface area contributed by atoms with Gasteiger partial charge in [0.05, 0.1) is 10.7 Å². The Balaban J connectivity index is 2.00. The first-order valence-electron chi connectivity index (χ1n) is 8.61. The molecule has 4 nitrogen and oxygen atoms in total. The highest BCUT2D eigenvalue weighted by atomic mass is 35.5. The molecule has 3 aromatic rings. The van der Waals surface area contributed by atoms with Gasteiger partial charge in [0.25, 0.3) is 0 Å². The molecule has 2 aromatic carbocycles. The Morgan fingerprint density at radius 3 is 2.50 bits per heavy atom. The van der Waals surface area contributed by atoms with Crippen LogP contribution in [0.15, 0.2) is 48.5 Å². The SMILES string of the molecule is O=C(O)c1cc(-n2c(-c3ccccc3)cc3c2CCCC3)cc(Cl)c1O. The fourth-order valence-corrected chi connectivity index (χ4v) is 3.91. The normalized spacial score (nSPS) is 13.4. The Bertz CT molecular complexity index is 992. The Morgan fingerprint density at radius 2 is 1.77 bits per heavy atom. The first-order valence-corrected chi connectivity index (χ1v) is 8.99. The number of carboxylic acid groups (broad SMARTS) is 1. The quantitative estimate of drug-likeness (QED) is 0.678. The molecule has 1 aromatic heterocycles. The van der Waals surface area contributed by atoms with Gasteiger partial charge in [0.2, 0.25) is 0 Å². The second kappa shape index (κ2) is 6.54. The van der Waals surface area contributed by atoms with Gasteiger partial charge in [0, 0.05) is 11.4 Å². The summed E-state index contributed by atoms with van der Waals surface area (Å²) in [4.78, 5) is 11.5. The number of halogens is 1.